The third kappa shape index (κ3) is 5.00. The molecule has 202 valence electrons. The summed E-state index contributed by atoms with van der Waals surface area (Å²) in [7, 11) is 0. The molecule has 0 unspecified atom stereocenters. The van der Waals surface area contributed by atoms with Crippen molar-refractivity contribution >= 4 is 35.2 Å². The van der Waals surface area contributed by atoms with Gasteiger partial charge in [0.15, 0.2) is 0 Å². The van der Waals surface area contributed by atoms with E-state index in [4.69, 9.17) is 11.6 Å². The molecule has 2 aliphatic heterocycles. The third-order valence-corrected chi connectivity index (χ3v) is 9.08. The number of halogens is 1. The first-order valence-corrected chi connectivity index (χ1v) is 14.0. The first-order chi connectivity index (χ1) is 18.2. The number of hydrogen-bond donors (Lipinski definition) is 1. The average Bonchev–Trinajstić information content (AvgIpc) is 3.03. The Morgan fingerprint density at radius 3 is 2.42 bits per heavy atom. The van der Waals surface area contributed by atoms with E-state index in [0.717, 1.165) is 47.2 Å². The molecule has 8 heteroatoms. The Bertz CT molecular complexity index is 1250. The summed E-state index contributed by atoms with van der Waals surface area (Å²) in [6, 6.07) is 11.7. The van der Waals surface area contributed by atoms with E-state index in [9.17, 15) is 19.5 Å². The summed E-state index contributed by atoms with van der Waals surface area (Å²) < 4.78 is 0. The van der Waals surface area contributed by atoms with E-state index < -0.39 is 11.5 Å². The van der Waals surface area contributed by atoms with Crippen LogP contribution >= 0.6 is 11.6 Å². The van der Waals surface area contributed by atoms with Gasteiger partial charge in [0, 0.05) is 36.9 Å². The molecule has 0 bridgehead atoms. The molecule has 38 heavy (non-hydrogen) atoms. The molecule has 3 aliphatic rings. The van der Waals surface area contributed by atoms with E-state index >= 15 is 0 Å². The number of carbonyl (C=O) groups is 3. The van der Waals surface area contributed by atoms with Crippen LogP contribution in [0, 0.1) is 19.8 Å². The fourth-order valence-corrected chi connectivity index (χ4v) is 6.43. The van der Waals surface area contributed by atoms with Gasteiger partial charge < -0.3 is 14.9 Å². The molecule has 1 N–H and O–H groups in total. The Balaban J connectivity index is 1.36. The summed E-state index contributed by atoms with van der Waals surface area (Å²) in [5.41, 5.74) is 3.93. The van der Waals surface area contributed by atoms with Gasteiger partial charge in [0.05, 0.1) is 6.42 Å². The topological polar surface area (TPSA) is 81.2 Å². The minimum atomic E-state index is -0.853. The monoisotopic (exact) mass is 537 g/mol. The van der Waals surface area contributed by atoms with Crippen LogP contribution in [-0.4, -0.2) is 64.5 Å². The number of nitrogens with zero attached hydrogens (tertiary/aromatic N) is 3. The largest absolute Gasteiger partial charge is 0.481 e. The van der Waals surface area contributed by atoms with Gasteiger partial charge >= 0.3 is 12.0 Å². The molecule has 0 aromatic heterocycles. The number of benzene rings is 2. The van der Waals surface area contributed by atoms with E-state index in [-0.39, 0.29) is 18.4 Å². The minimum absolute atomic E-state index is 0.0179. The number of carboxylic acids is 1. The van der Waals surface area contributed by atoms with Crippen LogP contribution in [0.2, 0.25) is 5.02 Å². The summed E-state index contributed by atoms with van der Waals surface area (Å²) >= 11 is 6.50. The highest BCUT2D eigenvalue weighted by Crippen LogP contribution is 2.40. The SMILES string of the molecule is Cc1ccc(CCN2C(=O)N(CC3CCC3)C(=O)C23CCN(c2ccc(C)c(CC(=O)O)c2)CC3)c(Cl)c1. The van der Waals surface area contributed by atoms with Crippen LogP contribution in [0.25, 0.3) is 0 Å². The first-order valence-electron chi connectivity index (χ1n) is 13.6. The molecule has 0 radical (unpaired) electrons. The zero-order valence-corrected chi connectivity index (χ0v) is 23.0. The molecule has 1 spiro atoms. The normalized spacial score (nSPS) is 19.4. The molecular formula is C30H36ClN3O4. The van der Waals surface area contributed by atoms with E-state index in [1.54, 1.807) is 0 Å². The molecule has 5 rings (SSSR count). The van der Waals surface area contributed by atoms with Crippen molar-refractivity contribution in [2.75, 3.05) is 31.1 Å². The maximum absolute atomic E-state index is 13.9. The van der Waals surface area contributed by atoms with Gasteiger partial charge in [-0.2, -0.15) is 0 Å². The first kappa shape index (κ1) is 26.5. The Morgan fingerprint density at radius 2 is 1.79 bits per heavy atom. The highest BCUT2D eigenvalue weighted by Gasteiger charge is 2.58. The Labute approximate surface area is 229 Å². The van der Waals surface area contributed by atoms with Crippen molar-refractivity contribution in [3.8, 4) is 0 Å². The fourth-order valence-electron chi connectivity index (χ4n) is 6.10. The highest BCUT2D eigenvalue weighted by molar-refractivity contribution is 6.31. The number of carboxylic acid groups (broad SMARTS) is 1. The average molecular weight is 538 g/mol. The number of rotatable bonds is 8. The molecular weight excluding hydrogens is 502 g/mol. The second kappa shape index (κ2) is 10.6. The van der Waals surface area contributed by atoms with Crippen molar-refractivity contribution < 1.29 is 19.5 Å². The number of piperidine rings is 1. The predicted molar refractivity (Wildman–Crippen MR) is 148 cm³/mol. The number of amides is 3. The number of aliphatic carboxylic acids is 1. The van der Waals surface area contributed by atoms with Gasteiger partial charge in [-0.25, -0.2) is 4.79 Å². The Morgan fingerprint density at radius 1 is 1.05 bits per heavy atom. The lowest BCUT2D eigenvalue weighted by Crippen LogP contribution is -2.57. The fraction of sp³-hybridized carbons (Fsp3) is 0.500. The van der Waals surface area contributed by atoms with Crippen molar-refractivity contribution in [1.82, 2.24) is 9.80 Å². The number of anilines is 1. The van der Waals surface area contributed by atoms with E-state index in [0.29, 0.717) is 56.4 Å². The maximum Gasteiger partial charge on any atom is 0.327 e. The van der Waals surface area contributed by atoms with E-state index in [2.05, 4.69) is 4.90 Å². The molecule has 2 saturated heterocycles. The smallest absolute Gasteiger partial charge is 0.327 e. The molecule has 0 atom stereocenters. The second-order valence-electron chi connectivity index (χ2n) is 11.2. The maximum atomic E-state index is 13.9. The summed E-state index contributed by atoms with van der Waals surface area (Å²) in [6.07, 6.45) is 4.97. The molecule has 3 amide bonds. The number of imide groups is 1. The molecule has 2 heterocycles. The van der Waals surface area contributed by atoms with Crippen LogP contribution in [-0.2, 0) is 22.4 Å². The zero-order chi connectivity index (χ0) is 27.0. The number of hydrogen-bond acceptors (Lipinski definition) is 4. The van der Waals surface area contributed by atoms with Gasteiger partial charge in [-0.15, -0.1) is 0 Å². The standard InChI is InChI=1S/C30H36ClN3O4/c1-20-6-8-23(26(31)16-20)10-13-34-29(38)33(19-22-4-3-5-22)28(37)30(34)11-14-32(15-12-30)25-9-7-21(2)24(17-25)18-27(35)36/h6-9,16-17,22H,3-5,10-15,18-19H2,1-2H3,(H,35,36). The number of aryl methyl sites for hydroxylation is 2. The summed E-state index contributed by atoms with van der Waals surface area (Å²) in [5, 5.41) is 9.98. The summed E-state index contributed by atoms with van der Waals surface area (Å²) in [4.78, 5) is 44.5. The predicted octanol–water partition coefficient (Wildman–Crippen LogP) is 5.23. The van der Waals surface area contributed by atoms with Crippen LogP contribution in [0.3, 0.4) is 0 Å². The summed E-state index contributed by atoms with van der Waals surface area (Å²) in [6.45, 7) is 6.12. The van der Waals surface area contributed by atoms with Crippen LogP contribution in [0.4, 0.5) is 10.5 Å². The van der Waals surface area contributed by atoms with Gasteiger partial charge in [-0.3, -0.25) is 14.5 Å². The van der Waals surface area contributed by atoms with Gasteiger partial charge in [0.25, 0.3) is 5.91 Å². The van der Waals surface area contributed by atoms with E-state index in [1.807, 2.05) is 55.1 Å². The number of carbonyl (C=O) groups excluding carboxylic acids is 2. The van der Waals surface area contributed by atoms with Gasteiger partial charge in [-0.05, 0) is 92.3 Å². The second-order valence-corrected chi connectivity index (χ2v) is 11.6. The van der Waals surface area contributed by atoms with Crippen molar-refractivity contribution in [2.24, 2.45) is 5.92 Å². The molecule has 2 aromatic carbocycles. The van der Waals surface area contributed by atoms with Crippen LogP contribution in [0.5, 0.6) is 0 Å². The van der Waals surface area contributed by atoms with E-state index in [1.165, 1.54) is 4.90 Å². The van der Waals surface area contributed by atoms with Crippen molar-refractivity contribution in [3.63, 3.8) is 0 Å². The molecule has 2 aromatic rings. The third-order valence-electron chi connectivity index (χ3n) is 8.73. The van der Waals surface area contributed by atoms with Gasteiger partial charge in [0.1, 0.15) is 5.54 Å². The van der Waals surface area contributed by atoms with Crippen molar-refractivity contribution in [2.45, 2.75) is 64.3 Å². The van der Waals surface area contributed by atoms with Crippen LogP contribution < -0.4 is 4.90 Å². The number of urea groups is 1. The van der Waals surface area contributed by atoms with Gasteiger partial charge in [0.2, 0.25) is 0 Å². The lowest BCUT2D eigenvalue weighted by atomic mass is 9.83. The molecule has 7 nitrogen and oxygen atoms in total. The molecule has 1 aliphatic carbocycles. The Kier molecular flexibility index (Phi) is 7.40. The summed E-state index contributed by atoms with van der Waals surface area (Å²) in [5.74, 6) is -0.500. The zero-order valence-electron chi connectivity index (χ0n) is 22.2. The van der Waals surface area contributed by atoms with Crippen LogP contribution in [0.15, 0.2) is 36.4 Å². The molecule has 1 saturated carbocycles. The highest BCUT2D eigenvalue weighted by atomic mass is 35.5. The molecule has 3 fully saturated rings. The van der Waals surface area contributed by atoms with Crippen molar-refractivity contribution in [1.29, 1.82) is 0 Å². The van der Waals surface area contributed by atoms with Crippen molar-refractivity contribution in [3.05, 3.63) is 63.7 Å². The van der Waals surface area contributed by atoms with Gasteiger partial charge in [-0.1, -0.05) is 36.2 Å². The lowest BCUT2D eigenvalue weighted by molar-refractivity contribution is -0.136. The van der Waals surface area contributed by atoms with Crippen LogP contribution in [0.1, 0.15) is 54.4 Å². The Hall–Kier alpha value is -3.06. The quantitative estimate of drug-likeness (QED) is 0.466. The lowest BCUT2D eigenvalue weighted by Gasteiger charge is -2.43. The minimum Gasteiger partial charge on any atom is -0.481 e.